The number of piperidine rings is 1. The standard InChI is InChI=1S/C17H24N4O2/c1-12(18)14-3-2-9-20(11-14)16(22)13-4-6-15(7-5-13)21-10-8-19-17(21)23/h4-7,12,14H,2-3,8-11,18H2,1H3,(H,19,23)/t12-,14-/m1/s1. The molecule has 0 radical (unpaired) electrons. The maximum absolute atomic E-state index is 12.7. The number of likely N-dealkylation sites (tertiary alicyclic amines) is 1. The number of rotatable bonds is 3. The molecule has 2 aliphatic rings. The number of anilines is 1. The van der Waals surface area contributed by atoms with E-state index in [9.17, 15) is 9.59 Å². The predicted molar refractivity (Wildman–Crippen MR) is 89.5 cm³/mol. The van der Waals surface area contributed by atoms with Crippen LogP contribution in [0.4, 0.5) is 10.5 Å². The number of benzene rings is 1. The Morgan fingerprint density at radius 3 is 2.65 bits per heavy atom. The van der Waals surface area contributed by atoms with Crippen LogP contribution in [0.5, 0.6) is 0 Å². The van der Waals surface area contributed by atoms with Crippen LogP contribution in [-0.4, -0.2) is 49.1 Å². The van der Waals surface area contributed by atoms with Crippen molar-refractivity contribution in [3.05, 3.63) is 29.8 Å². The van der Waals surface area contributed by atoms with Crippen molar-refractivity contribution >= 4 is 17.6 Å². The summed E-state index contributed by atoms with van der Waals surface area (Å²) < 4.78 is 0. The molecule has 1 aromatic rings. The van der Waals surface area contributed by atoms with E-state index in [1.165, 1.54) is 0 Å². The Labute approximate surface area is 136 Å². The van der Waals surface area contributed by atoms with Gasteiger partial charge in [0.05, 0.1) is 0 Å². The summed E-state index contributed by atoms with van der Waals surface area (Å²) in [5, 5.41) is 2.77. The molecular formula is C17H24N4O2. The summed E-state index contributed by atoms with van der Waals surface area (Å²) in [6.45, 7) is 4.85. The van der Waals surface area contributed by atoms with Crippen molar-refractivity contribution in [2.24, 2.45) is 11.7 Å². The van der Waals surface area contributed by atoms with Gasteiger partial charge in [0.25, 0.3) is 5.91 Å². The number of urea groups is 1. The molecule has 3 rings (SSSR count). The van der Waals surface area contributed by atoms with Gasteiger partial charge >= 0.3 is 6.03 Å². The number of nitrogens with one attached hydrogen (secondary N) is 1. The van der Waals surface area contributed by atoms with Crippen LogP contribution >= 0.6 is 0 Å². The molecule has 0 bridgehead atoms. The third kappa shape index (κ3) is 3.32. The SMILES string of the molecule is C[C@@H](N)[C@@H]1CCCN(C(=O)c2ccc(N3CCNC3=O)cc2)C1. The lowest BCUT2D eigenvalue weighted by molar-refractivity contribution is 0.0661. The van der Waals surface area contributed by atoms with Crippen molar-refractivity contribution in [1.82, 2.24) is 10.2 Å². The summed E-state index contributed by atoms with van der Waals surface area (Å²) >= 11 is 0. The number of carbonyl (C=O) groups excluding carboxylic acids is 2. The van der Waals surface area contributed by atoms with Gasteiger partial charge in [-0.05, 0) is 49.9 Å². The quantitative estimate of drug-likeness (QED) is 0.885. The number of nitrogens with two attached hydrogens (primary N) is 1. The van der Waals surface area contributed by atoms with E-state index in [-0.39, 0.29) is 18.0 Å². The summed E-state index contributed by atoms with van der Waals surface area (Å²) in [5.41, 5.74) is 7.48. The Kier molecular flexibility index (Phi) is 4.52. The highest BCUT2D eigenvalue weighted by Crippen LogP contribution is 2.22. The van der Waals surface area contributed by atoms with Crippen molar-refractivity contribution < 1.29 is 9.59 Å². The van der Waals surface area contributed by atoms with Gasteiger partial charge < -0.3 is 16.0 Å². The zero-order chi connectivity index (χ0) is 16.4. The van der Waals surface area contributed by atoms with E-state index in [0.717, 1.165) is 31.6 Å². The van der Waals surface area contributed by atoms with Crippen molar-refractivity contribution in [1.29, 1.82) is 0 Å². The minimum absolute atomic E-state index is 0.0489. The predicted octanol–water partition coefficient (Wildman–Crippen LogP) is 1.42. The molecule has 6 nitrogen and oxygen atoms in total. The molecule has 0 saturated carbocycles. The van der Waals surface area contributed by atoms with Gasteiger partial charge in [0, 0.05) is 43.5 Å². The Morgan fingerprint density at radius 1 is 1.30 bits per heavy atom. The van der Waals surface area contributed by atoms with Gasteiger partial charge in [0.15, 0.2) is 0 Å². The molecular weight excluding hydrogens is 292 g/mol. The zero-order valence-electron chi connectivity index (χ0n) is 13.5. The second-order valence-corrected chi connectivity index (χ2v) is 6.44. The van der Waals surface area contributed by atoms with Crippen LogP contribution in [-0.2, 0) is 0 Å². The Bertz CT molecular complexity index is 585. The molecule has 2 heterocycles. The summed E-state index contributed by atoms with van der Waals surface area (Å²) in [5.74, 6) is 0.424. The van der Waals surface area contributed by atoms with E-state index in [1.54, 1.807) is 17.0 Å². The largest absolute Gasteiger partial charge is 0.338 e. The maximum Gasteiger partial charge on any atom is 0.321 e. The highest BCUT2D eigenvalue weighted by atomic mass is 16.2. The monoisotopic (exact) mass is 316 g/mol. The smallest absolute Gasteiger partial charge is 0.321 e. The topological polar surface area (TPSA) is 78.7 Å². The van der Waals surface area contributed by atoms with E-state index >= 15 is 0 Å². The zero-order valence-corrected chi connectivity index (χ0v) is 13.5. The van der Waals surface area contributed by atoms with Gasteiger partial charge in [0.2, 0.25) is 0 Å². The Morgan fingerprint density at radius 2 is 2.04 bits per heavy atom. The molecule has 0 unspecified atom stereocenters. The highest BCUT2D eigenvalue weighted by Gasteiger charge is 2.27. The van der Waals surface area contributed by atoms with Crippen LogP contribution in [0.15, 0.2) is 24.3 Å². The molecule has 2 saturated heterocycles. The molecule has 0 aliphatic carbocycles. The average Bonchev–Trinajstić information content (AvgIpc) is 3.00. The molecule has 2 atom stereocenters. The fourth-order valence-corrected chi connectivity index (χ4v) is 3.31. The van der Waals surface area contributed by atoms with Crippen LogP contribution < -0.4 is 16.0 Å². The summed E-state index contributed by atoms with van der Waals surface area (Å²) in [4.78, 5) is 27.9. The second kappa shape index (κ2) is 6.58. The number of amides is 3. The molecule has 6 heteroatoms. The van der Waals surface area contributed by atoms with Crippen LogP contribution in [0.3, 0.4) is 0 Å². The van der Waals surface area contributed by atoms with E-state index in [1.807, 2.05) is 24.0 Å². The first-order chi connectivity index (χ1) is 11.1. The molecule has 2 fully saturated rings. The van der Waals surface area contributed by atoms with Crippen molar-refractivity contribution in [2.75, 3.05) is 31.1 Å². The lowest BCUT2D eigenvalue weighted by atomic mass is 9.92. The minimum atomic E-state index is -0.0834. The van der Waals surface area contributed by atoms with E-state index in [4.69, 9.17) is 5.73 Å². The first-order valence-electron chi connectivity index (χ1n) is 8.26. The van der Waals surface area contributed by atoms with Crippen LogP contribution in [0.2, 0.25) is 0 Å². The molecule has 3 amide bonds. The molecule has 0 aromatic heterocycles. The maximum atomic E-state index is 12.7. The van der Waals surface area contributed by atoms with E-state index < -0.39 is 0 Å². The van der Waals surface area contributed by atoms with Crippen LogP contribution in [0.1, 0.15) is 30.1 Å². The third-order valence-corrected chi connectivity index (χ3v) is 4.77. The fraction of sp³-hybridized carbons (Fsp3) is 0.529. The molecule has 0 spiro atoms. The third-order valence-electron chi connectivity index (χ3n) is 4.77. The molecule has 2 aliphatic heterocycles. The normalized spacial score (nSPS) is 22.9. The lowest BCUT2D eigenvalue weighted by Crippen LogP contribution is -2.45. The van der Waals surface area contributed by atoms with E-state index in [0.29, 0.717) is 24.6 Å². The van der Waals surface area contributed by atoms with Crippen LogP contribution in [0, 0.1) is 5.92 Å². The number of hydrogen-bond acceptors (Lipinski definition) is 3. The summed E-state index contributed by atoms with van der Waals surface area (Å²) in [6.07, 6.45) is 2.09. The van der Waals surface area contributed by atoms with Gasteiger partial charge in [-0.2, -0.15) is 0 Å². The van der Waals surface area contributed by atoms with Crippen LogP contribution in [0.25, 0.3) is 0 Å². The summed E-state index contributed by atoms with van der Waals surface area (Å²) in [7, 11) is 0. The molecule has 23 heavy (non-hydrogen) atoms. The van der Waals surface area contributed by atoms with Crippen molar-refractivity contribution in [2.45, 2.75) is 25.8 Å². The first kappa shape index (κ1) is 15.8. The average molecular weight is 316 g/mol. The van der Waals surface area contributed by atoms with Crippen molar-refractivity contribution in [3.8, 4) is 0 Å². The number of carbonyl (C=O) groups is 2. The Hall–Kier alpha value is -2.08. The van der Waals surface area contributed by atoms with E-state index in [2.05, 4.69) is 5.32 Å². The van der Waals surface area contributed by atoms with Gasteiger partial charge in [0.1, 0.15) is 0 Å². The molecule has 124 valence electrons. The first-order valence-corrected chi connectivity index (χ1v) is 8.26. The minimum Gasteiger partial charge on any atom is -0.338 e. The van der Waals surface area contributed by atoms with Gasteiger partial charge in [-0.1, -0.05) is 0 Å². The van der Waals surface area contributed by atoms with Gasteiger partial charge in [-0.15, -0.1) is 0 Å². The molecule has 1 aromatic carbocycles. The Balaban J connectivity index is 1.69. The molecule has 3 N–H and O–H groups in total. The second-order valence-electron chi connectivity index (χ2n) is 6.44. The van der Waals surface area contributed by atoms with Gasteiger partial charge in [-0.25, -0.2) is 4.79 Å². The summed E-state index contributed by atoms with van der Waals surface area (Å²) in [6, 6.07) is 7.31. The number of hydrogen-bond donors (Lipinski definition) is 2. The number of nitrogens with zero attached hydrogens (tertiary/aromatic N) is 2. The van der Waals surface area contributed by atoms with Crippen molar-refractivity contribution in [3.63, 3.8) is 0 Å². The highest BCUT2D eigenvalue weighted by molar-refractivity contribution is 5.97. The lowest BCUT2D eigenvalue weighted by Gasteiger charge is -2.34. The fourth-order valence-electron chi connectivity index (χ4n) is 3.31. The van der Waals surface area contributed by atoms with Gasteiger partial charge in [-0.3, -0.25) is 9.69 Å².